The third-order valence-corrected chi connectivity index (χ3v) is 3.98. The smallest absolute Gasteiger partial charge is 0.0699 e. The molecule has 0 amide bonds. The molecule has 0 aromatic carbocycles. The van der Waals surface area contributed by atoms with E-state index in [0.29, 0.717) is 6.10 Å². The van der Waals surface area contributed by atoms with Crippen LogP contribution in [-0.2, 0) is 4.74 Å². The molecule has 2 atom stereocenters. The number of rotatable bonds is 4. The first kappa shape index (κ1) is 12.3. The monoisotopic (exact) mass is 226 g/mol. The fourth-order valence-corrected chi connectivity index (χ4v) is 2.84. The topological polar surface area (TPSA) is 24.5 Å². The molecular weight excluding hydrogens is 200 g/mol. The maximum atomic E-state index is 5.94. The standard InChI is InChI=1S/C13H26N2O/c1-15-9-3-2-5-12(15)7-10-16-13-6-4-8-14-11-13/h12-14H,2-11H2,1H3. The van der Waals surface area contributed by atoms with Gasteiger partial charge in [0.05, 0.1) is 6.10 Å². The predicted molar refractivity (Wildman–Crippen MR) is 66.7 cm³/mol. The van der Waals surface area contributed by atoms with Gasteiger partial charge in [0.2, 0.25) is 0 Å². The Morgan fingerprint density at radius 2 is 2.19 bits per heavy atom. The highest BCUT2D eigenvalue weighted by Crippen LogP contribution is 2.18. The average Bonchev–Trinajstić information content (AvgIpc) is 2.33. The Morgan fingerprint density at radius 1 is 1.25 bits per heavy atom. The number of ether oxygens (including phenoxy) is 1. The highest BCUT2D eigenvalue weighted by Gasteiger charge is 2.19. The van der Waals surface area contributed by atoms with Gasteiger partial charge in [-0.2, -0.15) is 0 Å². The van der Waals surface area contributed by atoms with Gasteiger partial charge >= 0.3 is 0 Å². The molecule has 0 aromatic rings. The van der Waals surface area contributed by atoms with Crippen LogP contribution >= 0.6 is 0 Å². The van der Waals surface area contributed by atoms with E-state index in [1.165, 1.54) is 51.6 Å². The second kappa shape index (κ2) is 6.58. The zero-order chi connectivity index (χ0) is 11.2. The lowest BCUT2D eigenvalue weighted by Gasteiger charge is -2.33. The molecule has 1 N–H and O–H groups in total. The van der Waals surface area contributed by atoms with Crippen LogP contribution in [0.4, 0.5) is 0 Å². The summed E-state index contributed by atoms with van der Waals surface area (Å²) in [5.74, 6) is 0. The molecule has 3 nitrogen and oxygen atoms in total. The van der Waals surface area contributed by atoms with Crippen molar-refractivity contribution in [3.05, 3.63) is 0 Å². The molecule has 0 saturated carbocycles. The van der Waals surface area contributed by atoms with Crippen LogP contribution in [0.3, 0.4) is 0 Å². The summed E-state index contributed by atoms with van der Waals surface area (Å²) in [6.45, 7) is 4.45. The van der Waals surface area contributed by atoms with Gasteiger partial charge in [-0.3, -0.25) is 0 Å². The summed E-state index contributed by atoms with van der Waals surface area (Å²) < 4.78 is 5.94. The molecule has 2 aliphatic heterocycles. The van der Waals surface area contributed by atoms with Crippen LogP contribution in [-0.4, -0.2) is 50.3 Å². The van der Waals surface area contributed by atoms with Crippen molar-refractivity contribution in [2.45, 2.75) is 50.7 Å². The van der Waals surface area contributed by atoms with Gasteiger partial charge in [0.15, 0.2) is 0 Å². The van der Waals surface area contributed by atoms with Crippen molar-refractivity contribution < 1.29 is 4.74 Å². The first-order chi connectivity index (χ1) is 7.86. The van der Waals surface area contributed by atoms with Gasteiger partial charge in [0.1, 0.15) is 0 Å². The molecule has 94 valence electrons. The zero-order valence-corrected chi connectivity index (χ0v) is 10.6. The number of hydrogen-bond donors (Lipinski definition) is 1. The SMILES string of the molecule is CN1CCCCC1CCOC1CCCNC1. The Kier molecular flexibility index (Phi) is 5.07. The van der Waals surface area contributed by atoms with Crippen molar-refractivity contribution in [1.82, 2.24) is 10.2 Å². The Labute approximate surface area is 99.5 Å². The number of hydrogen-bond acceptors (Lipinski definition) is 3. The summed E-state index contributed by atoms with van der Waals surface area (Å²) in [4.78, 5) is 2.51. The zero-order valence-electron chi connectivity index (χ0n) is 10.6. The molecule has 16 heavy (non-hydrogen) atoms. The van der Waals surface area contributed by atoms with E-state index in [-0.39, 0.29) is 0 Å². The minimum Gasteiger partial charge on any atom is -0.377 e. The van der Waals surface area contributed by atoms with Gasteiger partial charge in [-0.25, -0.2) is 0 Å². The molecule has 2 fully saturated rings. The van der Waals surface area contributed by atoms with Crippen LogP contribution in [0.1, 0.15) is 38.5 Å². The molecule has 3 heteroatoms. The minimum absolute atomic E-state index is 0.475. The second-order valence-electron chi connectivity index (χ2n) is 5.26. The summed E-state index contributed by atoms with van der Waals surface area (Å²) in [7, 11) is 2.26. The fourth-order valence-electron chi connectivity index (χ4n) is 2.84. The molecule has 2 saturated heterocycles. The molecule has 0 radical (unpaired) electrons. The summed E-state index contributed by atoms with van der Waals surface area (Å²) in [6.07, 6.45) is 8.35. The van der Waals surface area contributed by atoms with Crippen molar-refractivity contribution in [2.75, 3.05) is 33.3 Å². The van der Waals surface area contributed by atoms with E-state index >= 15 is 0 Å². The number of nitrogens with zero attached hydrogens (tertiary/aromatic N) is 1. The number of likely N-dealkylation sites (tertiary alicyclic amines) is 1. The van der Waals surface area contributed by atoms with Crippen molar-refractivity contribution in [1.29, 1.82) is 0 Å². The van der Waals surface area contributed by atoms with Crippen molar-refractivity contribution in [3.8, 4) is 0 Å². The summed E-state index contributed by atoms with van der Waals surface area (Å²) >= 11 is 0. The van der Waals surface area contributed by atoms with Crippen LogP contribution in [0, 0.1) is 0 Å². The van der Waals surface area contributed by atoms with E-state index in [4.69, 9.17) is 4.74 Å². The largest absolute Gasteiger partial charge is 0.377 e. The van der Waals surface area contributed by atoms with Crippen LogP contribution in [0.5, 0.6) is 0 Å². The highest BCUT2D eigenvalue weighted by molar-refractivity contribution is 4.74. The third kappa shape index (κ3) is 3.72. The van der Waals surface area contributed by atoms with E-state index in [1.807, 2.05) is 0 Å². The second-order valence-corrected chi connectivity index (χ2v) is 5.26. The molecule has 0 aromatic heterocycles. The lowest BCUT2D eigenvalue weighted by Crippen LogP contribution is -2.39. The predicted octanol–water partition coefficient (Wildman–Crippen LogP) is 1.63. The molecule has 2 heterocycles. The summed E-state index contributed by atoms with van der Waals surface area (Å²) in [5, 5.41) is 3.40. The molecule has 2 aliphatic rings. The lowest BCUT2D eigenvalue weighted by molar-refractivity contribution is 0.0212. The lowest BCUT2D eigenvalue weighted by atomic mass is 10.0. The maximum absolute atomic E-state index is 5.94. The van der Waals surface area contributed by atoms with Gasteiger partial charge in [-0.1, -0.05) is 6.42 Å². The molecular formula is C13H26N2O. The summed E-state index contributed by atoms with van der Waals surface area (Å²) in [5.41, 5.74) is 0. The Morgan fingerprint density at radius 3 is 2.94 bits per heavy atom. The van der Waals surface area contributed by atoms with E-state index in [9.17, 15) is 0 Å². The normalized spacial score (nSPS) is 32.8. The van der Waals surface area contributed by atoms with Crippen molar-refractivity contribution in [2.24, 2.45) is 0 Å². The quantitative estimate of drug-likeness (QED) is 0.788. The first-order valence-electron chi connectivity index (χ1n) is 6.89. The molecule has 0 aliphatic carbocycles. The van der Waals surface area contributed by atoms with E-state index in [2.05, 4.69) is 17.3 Å². The molecule has 0 bridgehead atoms. The third-order valence-electron chi connectivity index (χ3n) is 3.98. The van der Waals surface area contributed by atoms with Gasteiger partial charge in [-0.05, 0) is 52.2 Å². The van der Waals surface area contributed by atoms with Crippen LogP contribution in [0.15, 0.2) is 0 Å². The van der Waals surface area contributed by atoms with Crippen molar-refractivity contribution >= 4 is 0 Å². The Balaban J connectivity index is 1.59. The van der Waals surface area contributed by atoms with Gasteiger partial charge in [-0.15, -0.1) is 0 Å². The maximum Gasteiger partial charge on any atom is 0.0699 e. The van der Waals surface area contributed by atoms with E-state index < -0.39 is 0 Å². The molecule has 2 unspecified atom stereocenters. The van der Waals surface area contributed by atoms with Crippen LogP contribution in [0.2, 0.25) is 0 Å². The minimum atomic E-state index is 0.475. The number of piperidine rings is 2. The van der Waals surface area contributed by atoms with Crippen LogP contribution < -0.4 is 5.32 Å². The molecule has 0 spiro atoms. The Hall–Kier alpha value is -0.120. The summed E-state index contributed by atoms with van der Waals surface area (Å²) in [6, 6.07) is 0.769. The Bertz CT molecular complexity index is 192. The van der Waals surface area contributed by atoms with Gasteiger partial charge in [0.25, 0.3) is 0 Å². The van der Waals surface area contributed by atoms with Gasteiger partial charge in [0, 0.05) is 19.2 Å². The van der Waals surface area contributed by atoms with E-state index in [1.54, 1.807) is 0 Å². The van der Waals surface area contributed by atoms with Crippen LogP contribution in [0.25, 0.3) is 0 Å². The molecule has 2 rings (SSSR count). The number of nitrogens with one attached hydrogen (secondary N) is 1. The van der Waals surface area contributed by atoms with Crippen molar-refractivity contribution in [3.63, 3.8) is 0 Å². The van der Waals surface area contributed by atoms with E-state index in [0.717, 1.165) is 19.2 Å². The fraction of sp³-hybridized carbons (Fsp3) is 1.00. The average molecular weight is 226 g/mol. The highest BCUT2D eigenvalue weighted by atomic mass is 16.5. The first-order valence-corrected chi connectivity index (χ1v) is 6.89. The van der Waals surface area contributed by atoms with Gasteiger partial charge < -0.3 is 15.0 Å².